The van der Waals surface area contributed by atoms with E-state index in [2.05, 4.69) is 5.32 Å². The van der Waals surface area contributed by atoms with E-state index in [4.69, 9.17) is 4.42 Å². The second-order valence-corrected chi connectivity index (χ2v) is 7.23. The molecule has 1 aliphatic heterocycles. The van der Waals surface area contributed by atoms with Crippen molar-refractivity contribution in [2.24, 2.45) is 0 Å². The van der Waals surface area contributed by atoms with Crippen molar-refractivity contribution < 1.29 is 14.0 Å². The standard InChI is InChI=1S/C18H18N2O3S/c21-16(19-14-6-7-14)15-11-24-18(13-8-9-23-10-13)20(15)17(22)12-4-2-1-3-5-12/h1-5,8-10,14-15,18H,6-7,11H2,(H,19,21). The average Bonchev–Trinajstić information content (AvgIpc) is 3.11. The molecule has 2 heterocycles. The average molecular weight is 342 g/mol. The van der Waals surface area contributed by atoms with Gasteiger partial charge in [0.1, 0.15) is 11.4 Å². The lowest BCUT2D eigenvalue weighted by molar-refractivity contribution is -0.125. The zero-order valence-corrected chi connectivity index (χ0v) is 13.9. The summed E-state index contributed by atoms with van der Waals surface area (Å²) in [5, 5.41) is 2.83. The van der Waals surface area contributed by atoms with Crippen molar-refractivity contribution in [1.82, 2.24) is 10.2 Å². The quantitative estimate of drug-likeness (QED) is 0.928. The van der Waals surface area contributed by atoms with Gasteiger partial charge in [0, 0.05) is 22.9 Å². The zero-order chi connectivity index (χ0) is 16.5. The van der Waals surface area contributed by atoms with Crippen LogP contribution in [-0.4, -0.2) is 34.6 Å². The van der Waals surface area contributed by atoms with Crippen LogP contribution in [0.3, 0.4) is 0 Å². The molecule has 0 radical (unpaired) electrons. The third kappa shape index (κ3) is 2.94. The number of rotatable bonds is 4. The largest absolute Gasteiger partial charge is 0.472 e. The number of hydrogen-bond acceptors (Lipinski definition) is 4. The maximum atomic E-state index is 13.1. The molecule has 0 spiro atoms. The van der Waals surface area contributed by atoms with Crippen LogP contribution >= 0.6 is 11.8 Å². The summed E-state index contributed by atoms with van der Waals surface area (Å²) in [6.45, 7) is 0. The Morgan fingerprint density at radius 2 is 1.96 bits per heavy atom. The fourth-order valence-corrected chi connectivity index (χ4v) is 4.29. The molecule has 2 fully saturated rings. The second-order valence-electron chi connectivity index (χ2n) is 6.12. The number of thioether (sulfide) groups is 1. The normalized spacial score (nSPS) is 23.2. The van der Waals surface area contributed by atoms with E-state index in [-0.39, 0.29) is 23.2 Å². The lowest BCUT2D eigenvalue weighted by Crippen LogP contribution is -2.48. The van der Waals surface area contributed by atoms with Crippen molar-refractivity contribution >= 4 is 23.6 Å². The van der Waals surface area contributed by atoms with Gasteiger partial charge in [0.2, 0.25) is 5.91 Å². The fraction of sp³-hybridized carbons (Fsp3) is 0.333. The summed E-state index contributed by atoms with van der Waals surface area (Å²) in [4.78, 5) is 27.4. The van der Waals surface area contributed by atoms with Gasteiger partial charge in [-0.25, -0.2) is 0 Å². The molecule has 1 saturated heterocycles. The first kappa shape index (κ1) is 15.3. The van der Waals surface area contributed by atoms with Gasteiger partial charge in [0.05, 0.1) is 12.5 Å². The van der Waals surface area contributed by atoms with E-state index in [0.29, 0.717) is 11.3 Å². The molecule has 6 heteroatoms. The first-order valence-electron chi connectivity index (χ1n) is 8.06. The van der Waals surface area contributed by atoms with E-state index < -0.39 is 6.04 Å². The highest BCUT2D eigenvalue weighted by atomic mass is 32.2. The van der Waals surface area contributed by atoms with Crippen molar-refractivity contribution in [3.8, 4) is 0 Å². The molecule has 1 aliphatic carbocycles. The molecule has 1 N–H and O–H groups in total. The third-order valence-corrected chi connectivity index (χ3v) is 5.63. The van der Waals surface area contributed by atoms with Gasteiger partial charge in [-0.2, -0.15) is 0 Å². The predicted octanol–water partition coefficient (Wildman–Crippen LogP) is 2.81. The number of nitrogens with one attached hydrogen (secondary N) is 1. The molecule has 2 aliphatic rings. The molecule has 2 unspecified atom stereocenters. The number of hydrogen-bond donors (Lipinski definition) is 1. The molecule has 1 aromatic heterocycles. The van der Waals surface area contributed by atoms with Crippen molar-refractivity contribution in [2.75, 3.05) is 5.75 Å². The molecule has 4 rings (SSSR count). The van der Waals surface area contributed by atoms with E-state index in [0.717, 1.165) is 18.4 Å². The van der Waals surface area contributed by atoms with Crippen LogP contribution in [0.4, 0.5) is 0 Å². The van der Waals surface area contributed by atoms with E-state index in [1.54, 1.807) is 41.3 Å². The zero-order valence-electron chi connectivity index (χ0n) is 13.1. The summed E-state index contributed by atoms with van der Waals surface area (Å²) in [7, 11) is 0. The van der Waals surface area contributed by atoms with Crippen molar-refractivity contribution in [3.63, 3.8) is 0 Å². The minimum atomic E-state index is -0.455. The molecule has 0 bridgehead atoms. The highest BCUT2D eigenvalue weighted by Crippen LogP contribution is 2.42. The first-order valence-corrected chi connectivity index (χ1v) is 9.10. The molecule has 2 atom stereocenters. The summed E-state index contributed by atoms with van der Waals surface area (Å²) in [5.74, 6) is 0.412. The molecule has 1 saturated carbocycles. The number of benzene rings is 1. The van der Waals surface area contributed by atoms with Gasteiger partial charge in [-0.1, -0.05) is 18.2 Å². The highest BCUT2D eigenvalue weighted by molar-refractivity contribution is 7.99. The number of amides is 2. The Kier molecular flexibility index (Phi) is 4.06. The third-order valence-electron chi connectivity index (χ3n) is 4.31. The summed E-state index contributed by atoms with van der Waals surface area (Å²) < 4.78 is 5.18. The van der Waals surface area contributed by atoms with Gasteiger partial charge in [0.15, 0.2) is 0 Å². The Morgan fingerprint density at radius 1 is 1.17 bits per heavy atom. The van der Waals surface area contributed by atoms with Gasteiger partial charge in [-0.3, -0.25) is 9.59 Å². The maximum absolute atomic E-state index is 13.1. The monoisotopic (exact) mass is 342 g/mol. The Morgan fingerprint density at radius 3 is 2.62 bits per heavy atom. The number of nitrogens with zero attached hydrogens (tertiary/aromatic N) is 1. The lowest BCUT2D eigenvalue weighted by Gasteiger charge is -2.28. The molecular weight excluding hydrogens is 324 g/mol. The predicted molar refractivity (Wildman–Crippen MR) is 91.5 cm³/mol. The summed E-state index contributed by atoms with van der Waals surface area (Å²) in [6, 6.07) is 10.8. The van der Waals surface area contributed by atoms with Gasteiger partial charge < -0.3 is 14.6 Å². The van der Waals surface area contributed by atoms with Crippen LogP contribution in [0.15, 0.2) is 53.3 Å². The van der Waals surface area contributed by atoms with Gasteiger partial charge in [0.25, 0.3) is 5.91 Å². The number of carbonyl (C=O) groups is 2. The maximum Gasteiger partial charge on any atom is 0.255 e. The summed E-state index contributed by atoms with van der Waals surface area (Å²) in [5.41, 5.74) is 1.50. The van der Waals surface area contributed by atoms with E-state index in [9.17, 15) is 9.59 Å². The molecule has 5 nitrogen and oxygen atoms in total. The summed E-state index contributed by atoms with van der Waals surface area (Å²) >= 11 is 1.60. The van der Waals surface area contributed by atoms with Crippen LogP contribution in [0.2, 0.25) is 0 Å². The first-order chi connectivity index (χ1) is 11.7. The topological polar surface area (TPSA) is 62.6 Å². The molecule has 24 heavy (non-hydrogen) atoms. The van der Waals surface area contributed by atoms with E-state index in [1.165, 1.54) is 0 Å². The van der Waals surface area contributed by atoms with Crippen molar-refractivity contribution in [1.29, 1.82) is 0 Å². The fourth-order valence-electron chi connectivity index (χ4n) is 2.88. The Balaban J connectivity index is 1.64. The summed E-state index contributed by atoms with van der Waals surface area (Å²) in [6.07, 6.45) is 5.30. The molecule has 2 amide bonds. The van der Waals surface area contributed by atoms with Crippen molar-refractivity contribution in [3.05, 3.63) is 60.1 Å². The van der Waals surface area contributed by atoms with Crippen molar-refractivity contribution in [2.45, 2.75) is 30.3 Å². The van der Waals surface area contributed by atoms with Crippen LogP contribution in [0, 0.1) is 0 Å². The van der Waals surface area contributed by atoms with Gasteiger partial charge >= 0.3 is 0 Å². The van der Waals surface area contributed by atoms with Crippen LogP contribution in [0.1, 0.15) is 34.1 Å². The minimum Gasteiger partial charge on any atom is -0.472 e. The molecule has 2 aromatic rings. The smallest absolute Gasteiger partial charge is 0.255 e. The molecule has 1 aromatic carbocycles. The Bertz CT molecular complexity index is 728. The van der Waals surface area contributed by atoms with Crippen LogP contribution in [0.25, 0.3) is 0 Å². The highest BCUT2D eigenvalue weighted by Gasteiger charge is 2.43. The van der Waals surface area contributed by atoms with E-state index >= 15 is 0 Å². The van der Waals surface area contributed by atoms with Crippen LogP contribution in [-0.2, 0) is 4.79 Å². The van der Waals surface area contributed by atoms with E-state index in [1.807, 2.05) is 24.3 Å². The van der Waals surface area contributed by atoms with Gasteiger partial charge in [-0.15, -0.1) is 11.8 Å². The second kappa shape index (κ2) is 6.36. The number of furan rings is 1. The Hall–Kier alpha value is -2.21. The van der Waals surface area contributed by atoms with Crippen LogP contribution < -0.4 is 5.32 Å². The molecular formula is C18H18N2O3S. The van der Waals surface area contributed by atoms with Gasteiger partial charge in [-0.05, 0) is 31.0 Å². The minimum absolute atomic E-state index is 0.0553. The SMILES string of the molecule is O=C(NC1CC1)C1CSC(c2ccoc2)N1C(=O)c1ccccc1. The lowest BCUT2D eigenvalue weighted by atomic mass is 10.1. The number of carbonyl (C=O) groups excluding carboxylic acids is 2. The Labute approximate surface area is 144 Å². The van der Waals surface area contributed by atoms with Crippen LogP contribution in [0.5, 0.6) is 0 Å². The molecule has 124 valence electrons.